The van der Waals surface area contributed by atoms with Crippen LogP contribution in [0.25, 0.3) is 0 Å². The number of hydrogen-bond acceptors (Lipinski definition) is 2. The summed E-state index contributed by atoms with van der Waals surface area (Å²) in [7, 11) is 0. The molecule has 0 saturated carbocycles. The van der Waals surface area contributed by atoms with E-state index in [2.05, 4.69) is 5.32 Å². The number of para-hydroxylation sites is 1. The molecule has 2 aromatic carbocycles. The Morgan fingerprint density at radius 3 is 2.45 bits per heavy atom. The van der Waals surface area contributed by atoms with E-state index in [1.807, 2.05) is 37.3 Å². The number of carbonyl (C=O) groups is 1. The zero-order valence-electron chi connectivity index (χ0n) is 12.6. The summed E-state index contributed by atoms with van der Waals surface area (Å²) in [5.74, 6) is 0.298. The summed E-state index contributed by atoms with van der Waals surface area (Å²) in [6, 6.07) is 15.6. The first-order chi connectivity index (χ1) is 10.7. The predicted molar refractivity (Wildman–Crippen MR) is 84.3 cm³/mol. The molecule has 0 aliphatic heterocycles. The summed E-state index contributed by atoms with van der Waals surface area (Å²) in [6.07, 6.45) is 0.751. The van der Waals surface area contributed by atoms with E-state index in [-0.39, 0.29) is 11.7 Å². The number of amides is 1. The van der Waals surface area contributed by atoms with Gasteiger partial charge in [0.1, 0.15) is 11.6 Å². The van der Waals surface area contributed by atoms with Crippen LogP contribution >= 0.6 is 0 Å². The number of hydrogen-bond donors (Lipinski definition) is 1. The van der Waals surface area contributed by atoms with Crippen LogP contribution in [0.3, 0.4) is 0 Å². The smallest absolute Gasteiger partial charge is 0.261 e. The van der Waals surface area contributed by atoms with E-state index in [4.69, 9.17) is 4.74 Å². The lowest BCUT2D eigenvalue weighted by Gasteiger charge is -2.17. The quantitative estimate of drug-likeness (QED) is 0.852. The Bertz CT molecular complexity index is 584. The average molecular weight is 301 g/mol. The van der Waals surface area contributed by atoms with Crippen LogP contribution in [0.5, 0.6) is 5.75 Å². The lowest BCUT2D eigenvalue weighted by Crippen LogP contribution is -2.38. The topological polar surface area (TPSA) is 38.3 Å². The number of benzene rings is 2. The van der Waals surface area contributed by atoms with Crippen molar-refractivity contribution >= 4 is 5.91 Å². The number of ether oxygens (including phenoxy) is 1. The summed E-state index contributed by atoms with van der Waals surface area (Å²) in [6.45, 7) is 2.41. The van der Waals surface area contributed by atoms with Crippen molar-refractivity contribution in [3.8, 4) is 5.75 Å². The molecule has 3 nitrogen and oxygen atoms in total. The second-order valence-electron chi connectivity index (χ2n) is 5.00. The van der Waals surface area contributed by atoms with Crippen molar-refractivity contribution in [3.05, 3.63) is 66.0 Å². The Balaban J connectivity index is 1.80. The zero-order chi connectivity index (χ0) is 15.8. The fourth-order valence-electron chi connectivity index (χ4n) is 2.08. The predicted octanol–water partition coefficient (Wildman–Crippen LogP) is 3.34. The lowest BCUT2D eigenvalue weighted by atomic mass is 10.1. The number of halogens is 1. The third-order valence-corrected chi connectivity index (χ3v) is 3.31. The number of carbonyl (C=O) groups excluding carboxylic acids is 1. The minimum Gasteiger partial charge on any atom is -0.481 e. The maximum absolute atomic E-state index is 12.8. The Labute approximate surface area is 130 Å². The molecule has 116 valence electrons. The molecule has 0 aliphatic carbocycles. The average Bonchev–Trinajstić information content (AvgIpc) is 2.55. The SMILES string of the molecule is CC[C@@H](Oc1ccccc1)C(=O)NCCc1ccc(F)cc1. The van der Waals surface area contributed by atoms with Gasteiger partial charge in [0.25, 0.3) is 5.91 Å². The normalized spacial score (nSPS) is 11.7. The summed E-state index contributed by atoms with van der Waals surface area (Å²) in [4.78, 5) is 12.1. The van der Waals surface area contributed by atoms with Gasteiger partial charge < -0.3 is 10.1 Å². The molecule has 0 radical (unpaired) electrons. The maximum Gasteiger partial charge on any atom is 0.261 e. The zero-order valence-corrected chi connectivity index (χ0v) is 12.6. The van der Waals surface area contributed by atoms with Crippen LogP contribution in [0.15, 0.2) is 54.6 Å². The Morgan fingerprint density at radius 2 is 1.82 bits per heavy atom. The van der Waals surface area contributed by atoms with Crippen molar-refractivity contribution in [2.24, 2.45) is 0 Å². The third kappa shape index (κ3) is 4.88. The molecule has 0 fully saturated rings. The number of rotatable bonds is 7. The van der Waals surface area contributed by atoms with Crippen LogP contribution in [-0.2, 0) is 11.2 Å². The number of nitrogens with one attached hydrogen (secondary N) is 1. The summed E-state index contributed by atoms with van der Waals surface area (Å²) in [5.41, 5.74) is 0.985. The molecule has 0 bridgehead atoms. The van der Waals surface area contributed by atoms with Gasteiger partial charge in [-0.2, -0.15) is 0 Å². The van der Waals surface area contributed by atoms with Gasteiger partial charge in [-0.25, -0.2) is 4.39 Å². The minimum atomic E-state index is -0.504. The van der Waals surface area contributed by atoms with Crippen molar-refractivity contribution in [3.63, 3.8) is 0 Å². The van der Waals surface area contributed by atoms with Crippen molar-refractivity contribution in [2.75, 3.05) is 6.54 Å². The van der Waals surface area contributed by atoms with Gasteiger partial charge in [-0.15, -0.1) is 0 Å². The van der Waals surface area contributed by atoms with Gasteiger partial charge >= 0.3 is 0 Å². The first kappa shape index (κ1) is 16.0. The molecule has 22 heavy (non-hydrogen) atoms. The fraction of sp³-hybridized carbons (Fsp3) is 0.278. The minimum absolute atomic E-state index is 0.131. The van der Waals surface area contributed by atoms with Crippen molar-refractivity contribution < 1.29 is 13.9 Å². The maximum atomic E-state index is 12.8. The van der Waals surface area contributed by atoms with Gasteiger partial charge in [-0.1, -0.05) is 37.3 Å². The molecular formula is C18H20FNO2. The van der Waals surface area contributed by atoms with Gasteiger partial charge in [0.2, 0.25) is 0 Å². The molecule has 0 heterocycles. The highest BCUT2D eigenvalue weighted by Crippen LogP contribution is 2.12. The molecular weight excluding hydrogens is 281 g/mol. The highest BCUT2D eigenvalue weighted by molar-refractivity contribution is 5.81. The highest BCUT2D eigenvalue weighted by atomic mass is 19.1. The van der Waals surface area contributed by atoms with Crippen LogP contribution < -0.4 is 10.1 Å². The van der Waals surface area contributed by atoms with E-state index in [0.29, 0.717) is 25.1 Å². The summed E-state index contributed by atoms with van der Waals surface area (Å²) >= 11 is 0. The van der Waals surface area contributed by atoms with Gasteiger partial charge in [0, 0.05) is 6.54 Å². The van der Waals surface area contributed by atoms with Gasteiger partial charge in [-0.05, 0) is 42.7 Å². The van der Waals surface area contributed by atoms with Crippen LogP contribution in [0.2, 0.25) is 0 Å². The second-order valence-corrected chi connectivity index (χ2v) is 5.00. The molecule has 1 N–H and O–H groups in total. The van der Waals surface area contributed by atoms with Crippen LogP contribution in [-0.4, -0.2) is 18.6 Å². The van der Waals surface area contributed by atoms with E-state index in [0.717, 1.165) is 5.56 Å². The Hall–Kier alpha value is -2.36. The summed E-state index contributed by atoms with van der Waals surface area (Å²) < 4.78 is 18.5. The second kappa shape index (κ2) is 8.17. The molecule has 1 amide bonds. The van der Waals surface area contributed by atoms with Gasteiger partial charge in [0.05, 0.1) is 0 Å². The monoisotopic (exact) mass is 301 g/mol. The Kier molecular flexibility index (Phi) is 5.95. The molecule has 2 aromatic rings. The highest BCUT2D eigenvalue weighted by Gasteiger charge is 2.17. The molecule has 4 heteroatoms. The van der Waals surface area contributed by atoms with Crippen molar-refractivity contribution in [1.29, 1.82) is 0 Å². The first-order valence-electron chi connectivity index (χ1n) is 7.43. The van der Waals surface area contributed by atoms with E-state index < -0.39 is 6.10 Å². The Morgan fingerprint density at radius 1 is 1.14 bits per heavy atom. The van der Waals surface area contributed by atoms with Crippen LogP contribution in [0, 0.1) is 5.82 Å². The van der Waals surface area contributed by atoms with Crippen molar-refractivity contribution in [2.45, 2.75) is 25.9 Å². The first-order valence-corrected chi connectivity index (χ1v) is 7.43. The molecule has 0 aromatic heterocycles. The standard InChI is InChI=1S/C18H20FNO2/c1-2-17(22-16-6-4-3-5-7-16)18(21)20-13-12-14-8-10-15(19)11-9-14/h3-11,17H,2,12-13H2,1H3,(H,20,21)/t17-/m1/s1. The molecule has 1 atom stereocenters. The van der Waals surface area contributed by atoms with E-state index >= 15 is 0 Å². The molecule has 0 aliphatic rings. The summed E-state index contributed by atoms with van der Waals surface area (Å²) in [5, 5.41) is 2.86. The fourth-order valence-corrected chi connectivity index (χ4v) is 2.08. The van der Waals surface area contributed by atoms with Crippen LogP contribution in [0.4, 0.5) is 4.39 Å². The van der Waals surface area contributed by atoms with Crippen LogP contribution in [0.1, 0.15) is 18.9 Å². The third-order valence-electron chi connectivity index (χ3n) is 3.31. The van der Waals surface area contributed by atoms with Crippen molar-refractivity contribution in [1.82, 2.24) is 5.32 Å². The largest absolute Gasteiger partial charge is 0.481 e. The van der Waals surface area contributed by atoms with E-state index in [1.165, 1.54) is 12.1 Å². The van der Waals surface area contributed by atoms with Gasteiger partial charge in [0.15, 0.2) is 6.10 Å². The van der Waals surface area contributed by atoms with E-state index in [1.54, 1.807) is 12.1 Å². The lowest BCUT2D eigenvalue weighted by molar-refractivity contribution is -0.128. The molecule has 2 rings (SSSR count). The molecule has 0 unspecified atom stereocenters. The van der Waals surface area contributed by atoms with Gasteiger partial charge in [-0.3, -0.25) is 4.79 Å². The molecule has 0 saturated heterocycles. The van der Waals surface area contributed by atoms with E-state index in [9.17, 15) is 9.18 Å². The molecule has 0 spiro atoms.